The van der Waals surface area contributed by atoms with Crippen molar-refractivity contribution in [1.29, 1.82) is 0 Å². The van der Waals surface area contributed by atoms with Crippen LogP contribution in [0.2, 0.25) is 0 Å². The molecule has 2 fully saturated rings. The number of amides is 1. The van der Waals surface area contributed by atoms with Crippen LogP contribution in [-0.4, -0.2) is 34.9 Å². The van der Waals surface area contributed by atoms with Gasteiger partial charge in [-0.25, -0.2) is 0 Å². The number of carbonyl (C=O) groups excluding carboxylic acids is 1. The normalized spacial score (nSPS) is 27.8. The lowest BCUT2D eigenvalue weighted by molar-refractivity contribution is -0.133. The Kier molecular flexibility index (Phi) is 5.81. The Morgan fingerprint density at radius 2 is 1.91 bits per heavy atom. The summed E-state index contributed by atoms with van der Waals surface area (Å²) >= 11 is 0. The molecule has 2 saturated heterocycles. The van der Waals surface area contributed by atoms with E-state index < -0.39 is 0 Å². The number of aromatic nitrogens is 1. The summed E-state index contributed by atoms with van der Waals surface area (Å²) in [5.41, 5.74) is 1.14. The highest BCUT2D eigenvalue weighted by Crippen LogP contribution is 2.33. The highest BCUT2D eigenvalue weighted by atomic mass is 35.5. The van der Waals surface area contributed by atoms with Crippen LogP contribution in [0.3, 0.4) is 0 Å². The molecule has 0 aliphatic carbocycles. The fourth-order valence-electron chi connectivity index (χ4n) is 3.81. The first-order valence-corrected chi connectivity index (χ1v) is 8.05. The van der Waals surface area contributed by atoms with Crippen LogP contribution in [0.4, 0.5) is 0 Å². The molecule has 1 aromatic rings. The average molecular weight is 324 g/mol. The minimum absolute atomic E-state index is 0. The third kappa shape index (κ3) is 3.79. The predicted molar refractivity (Wildman–Crippen MR) is 90.0 cm³/mol. The van der Waals surface area contributed by atoms with E-state index >= 15 is 0 Å². The van der Waals surface area contributed by atoms with E-state index in [0.29, 0.717) is 24.4 Å². The van der Waals surface area contributed by atoms with E-state index in [9.17, 15) is 4.79 Å². The van der Waals surface area contributed by atoms with Crippen LogP contribution in [0.5, 0.6) is 0 Å². The highest BCUT2D eigenvalue weighted by Gasteiger charge is 2.34. The molecular formula is C17H26ClN3O. The van der Waals surface area contributed by atoms with E-state index in [1.54, 1.807) is 12.4 Å². The Bertz CT molecular complexity index is 484. The monoisotopic (exact) mass is 323 g/mol. The Labute approximate surface area is 139 Å². The van der Waals surface area contributed by atoms with Crippen molar-refractivity contribution in [3.8, 4) is 0 Å². The van der Waals surface area contributed by atoms with Crippen LogP contribution in [0, 0.1) is 5.92 Å². The molecule has 5 heteroatoms. The summed E-state index contributed by atoms with van der Waals surface area (Å²) in [6.07, 6.45) is 9.18. The molecule has 0 aromatic carbocycles. The van der Waals surface area contributed by atoms with Crippen LogP contribution >= 0.6 is 12.4 Å². The molecule has 3 unspecified atom stereocenters. The van der Waals surface area contributed by atoms with Gasteiger partial charge < -0.3 is 10.2 Å². The number of rotatable bonds is 4. The van der Waals surface area contributed by atoms with Crippen molar-refractivity contribution in [1.82, 2.24) is 15.2 Å². The fourth-order valence-corrected chi connectivity index (χ4v) is 3.81. The van der Waals surface area contributed by atoms with Gasteiger partial charge in [0.2, 0.25) is 5.91 Å². The molecule has 1 aromatic heterocycles. The van der Waals surface area contributed by atoms with E-state index in [4.69, 9.17) is 0 Å². The molecule has 1 N–H and O–H groups in total. The van der Waals surface area contributed by atoms with Gasteiger partial charge in [0, 0.05) is 37.9 Å². The van der Waals surface area contributed by atoms with Gasteiger partial charge >= 0.3 is 0 Å². The number of pyridine rings is 1. The second kappa shape index (κ2) is 7.42. The number of carbonyl (C=O) groups is 1. The van der Waals surface area contributed by atoms with Gasteiger partial charge in [0.1, 0.15) is 0 Å². The van der Waals surface area contributed by atoms with Crippen LogP contribution < -0.4 is 5.32 Å². The smallest absolute Gasteiger partial charge is 0.223 e. The summed E-state index contributed by atoms with van der Waals surface area (Å²) in [5.74, 6) is 0.828. The maximum atomic E-state index is 12.5. The van der Waals surface area contributed by atoms with E-state index in [1.807, 2.05) is 24.1 Å². The second-order valence-electron chi connectivity index (χ2n) is 6.64. The second-order valence-corrected chi connectivity index (χ2v) is 6.64. The number of halogens is 1. The zero-order valence-electron chi connectivity index (χ0n) is 13.4. The first-order chi connectivity index (χ1) is 10.1. The lowest BCUT2D eigenvalue weighted by atomic mass is 9.89. The molecule has 3 heterocycles. The van der Waals surface area contributed by atoms with Gasteiger partial charge in [-0.05, 0) is 56.2 Å². The molecule has 2 aliphatic rings. The highest BCUT2D eigenvalue weighted by molar-refractivity contribution is 5.85. The summed E-state index contributed by atoms with van der Waals surface area (Å²) in [4.78, 5) is 18.5. The van der Waals surface area contributed by atoms with Gasteiger partial charge in [-0.3, -0.25) is 9.78 Å². The van der Waals surface area contributed by atoms with Crippen molar-refractivity contribution in [2.75, 3.05) is 7.05 Å². The first-order valence-electron chi connectivity index (χ1n) is 8.05. The molecule has 2 aliphatic heterocycles. The summed E-state index contributed by atoms with van der Waals surface area (Å²) in [7, 11) is 1.92. The topological polar surface area (TPSA) is 45.2 Å². The zero-order valence-corrected chi connectivity index (χ0v) is 14.2. The molecule has 2 bridgehead atoms. The minimum Gasteiger partial charge on any atom is -0.339 e. The average Bonchev–Trinajstić information content (AvgIpc) is 2.85. The number of piperidine rings is 1. The number of hydrogen-bond acceptors (Lipinski definition) is 3. The molecule has 1 amide bonds. The fraction of sp³-hybridized carbons (Fsp3) is 0.647. The quantitative estimate of drug-likeness (QED) is 0.926. The Morgan fingerprint density at radius 3 is 2.50 bits per heavy atom. The number of nitrogens with zero attached hydrogens (tertiary/aromatic N) is 2. The lowest BCUT2D eigenvalue weighted by Crippen LogP contribution is -2.40. The Balaban J connectivity index is 0.00000176. The van der Waals surface area contributed by atoms with Crippen molar-refractivity contribution >= 4 is 18.3 Å². The SMILES string of the molecule is CC(c1ccncc1)N(C)C(=O)CC1CC2CCC(C1)N2.Cl. The Hall–Kier alpha value is -1.13. The van der Waals surface area contributed by atoms with Gasteiger partial charge in [0.15, 0.2) is 0 Å². The Morgan fingerprint density at radius 1 is 1.32 bits per heavy atom. The van der Waals surface area contributed by atoms with Gasteiger partial charge in [-0.1, -0.05) is 0 Å². The maximum absolute atomic E-state index is 12.5. The largest absolute Gasteiger partial charge is 0.339 e. The van der Waals surface area contributed by atoms with Crippen LogP contribution in [0.25, 0.3) is 0 Å². The van der Waals surface area contributed by atoms with Crippen molar-refractivity contribution in [3.05, 3.63) is 30.1 Å². The molecule has 4 nitrogen and oxygen atoms in total. The summed E-state index contributed by atoms with van der Waals surface area (Å²) in [5, 5.41) is 3.64. The predicted octanol–water partition coefficient (Wildman–Crippen LogP) is 2.94. The van der Waals surface area contributed by atoms with Gasteiger partial charge in [-0.15, -0.1) is 12.4 Å². The first kappa shape index (κ1) is 17.2. The van der Waals surface area contributed by atoms with E-state index in [1.165, 1.54) is 25.7 Å². The molecule has 122 valence electrons. The number of hydrogen-bond donors (Lipinski definition) is 1. The van der Waals surface area contributed by atoms with E-state index in [-0.39, 0.29) is 24.4 Å². The lowest BCUT2D eigenvalue weighted by Gasteiger charge is -2.31. The van der Waals surface area contributed by atoms with E-state index in [0.717, 1.165) is 5.56 Å². The number of nitrogens with one attached hydrogen (secondary N) is 1. The zero-order chi connectivity index (χ0) is 14.8. The van der Waals surface area contributed by atoms with E-state index in [2.05, 4.69) is 17.2 Å². The number of fused-ring (bicyclic) bond motifs is 2. The molecule has 22 heavy (non-hydrogen) atoms. The van der Waals surface area contributed by atoms with Crippen LogP contribution in [0.1, 0.15) is 50.6 Å². The third-order valence-corrected chi connectivity index (χ3v) is 5.20. The molecule has 3 rings (SSSR count). The van der Waals surface area contributed by atoms with Gasteiger partial charge in [0.05, 0.1) is 6.04 Å². The van der Waals surface area contributed by atoms with Crippen molar-refractivity contribution < 1.29 is 4.79 Å². The van der Waals surface area contributed by atoms with Crippen molar-refractivity contribution in [2.24, 2.45) is 5.92 Å². The van der Waals surface area contributed by atoms with Crippen molar-refractivity contribution in [3.63, 3.8) is 0 Å². The van der Waals surface area contributed by atoms with Crippen LogP contribution in [0.15, 0.2) is 24.5 Å². The molecule has 0 radical (unpaired) electrons. The molecular weight excluding hydrogens is 298 g/mol. The van der Waals surface area contributed by atoms with Gasteiger partial charge in [-0.2, -0.15) is 0 Å². The van der Waals surface area contributed by atoms with Crippen molar-refractivity contribution in [2.45, 2.75) is 57.2 Å². The third-order valence-electron chi connectivity index (χ3n) is 5.20. The summed E-state index contributed by atoms with van der Waals surface area (Å²) in [6, 6.07) is 5.39. The molecule has 0 saturated carbocycles. The molecule has 0 spiro atoms. The standard InChI is InChI=1S/C17H25N3O.ClH/c1-12(14-5-7-18-8-6-14)20(2)17(21)11-13-9-15-3-4-16(10-13)19-15;/h5-8,12-13,15-16,19H,3-4,9-11H2,1-2H3;1H. The maximum Gasteiger partial charge on any atom is 0.223 e. The van der Waals surface area contributed by atoms with Gasteiger partial charge in [0.25, 0.3) is 0 Å². The van der Waals surface area contributed by atoms with Crippen LogP contribution in [-0.2, 0) is 4.79 Å². The summed E-state index contributed by atoms with van der Waals surface area (Å²) < 4.78 is 0. The summed E-state index contributed by atoms with van der Waals surface area (Å²) in [6.45, 7) is 2.08. The minimum atomic E-state index is 0. The molecule has 3 atom stereocenters.